The zero-order valence-corrected chi connectivity index (χ0v) is 17.7. The van der Waals surface area contributed by atoms with Crippen molar-refractivity contribution in [1.82, 2.24) is 23.8 Å². The van der Waals surface area contributed by atoms with E-state index in [1.807, 2.05) is 10.6 Å². The van der Waals surface area contributed by atoms with Crippen LogP contribution in [0.3, 0.4) is 0 Å². The van der Waals surface area contributed by atoms with Gasteiger partial charge in [0.15, 0.2) is 16.9 Å². The molecule has 5 rings (SSSR count). The van der Waals surface area contributed by atoms with Gasteiger partial charge in [-0.3, -0.25) is 13.9 Å². The molecule has 0 radical (unpaired) electrons. The van der Waals surface area contributed by atoms with Crippen LogP contribution in [0.1, 0.15) is 69.2 Å². The second-order valence-electron chi connectivity index (χ2n) is 9.15. The third-order valence-electron chi connectivity index (χ3n) is 6.97. The molecule has 0 aliphatic heterocycles. The van der Waals surface area contributed by atoms with Gasteiger partial charge in [-0.25, -0.2) is 9.78 Å². The average Bonchev–Trinajstić information content (AvgIpc) is 3.29. The van der Waals surface area contributed by atoms with Crippen LogP contribution in [0.2, 0.25) is 0 Å². The Kier molecular flexibility index (Phi) is 4.87. The van der Waals surface area contributed by atoms with Crippen LogP contribution < -0.4 is 11.2 Å². The number of rotatable bonds is 6. The maximum Gasteiger partial charge on any atom is 0.332 e. The molecule has 0 spiro atoms. The first-order valence-electron chi connectivity index (χ1n) is 11.1. The molecular formula is C22H29N5O3. The average molecular weight is 412 g/mol. The Morgan fingerprint density at radius 3 is 2.67 bits per heavy atom. The van der Waals surface area contributed by atoms with E-state index < -0.39 is 0 Å². The summed E-state index contributed by atoms with van der Waals surface area (Å²) < 4.78 is 10.1. The molecule has 3 aromatic rings. The van der Waals surface area contributed by atoms with E-state index in [2.05, 4.69) is 17.1 Å². The van der Waals surface area contributed by atoms with Crippen LogP contribution in [0.15, 0.2) is 26.5 Å². The van der Waals surface area contributed by atoms with Gasteiger partial charge in [0.1, 0.15) is 0 Å². The van der Waals surface area contributed by atoms with Crippen LogP contribution in [0.25, 0.3) is 11.2 Å². The van der Waals surface area contributed by atoms with Crippen LogP contribution >= 0.6 is 0 Å². The predicted octanol–water partition coefficient (Wildman–Crippen LogP) is 3.03. The fraction of sp³-hybridized carbons (Fsp3) is 0.636. The van der Waals surface area contributed by atoms with Gasteiger partial charge < -0.3 is 9.09 Å². The van der Waals surface area contributed by atoms with Gasteiger partial charge in [-0.05, 0) is 37.5 Å². The molecule has 2 aliphatic rings. The molecule has 2 aliphatic carbocycles. The molecule has 0 aromatic carbocycles. The molecule has 2 fully saturated rings. The van der Waals surface area contributed by atoms with E-state index >= 15 is 0 Å². The van der Waals surface area contributed by atoms with Crippen molar-refractivity contribution in [1.29, 1.82) is 0 Å². The summed E-state index contributed by atoms with van der Waals surface area (Å²) in [7, 11) is 1.66. The third kappa shape index (κ3) is 3.42. The highest BCUT2D eigenvalue weighted by molar-refractivity contribution is 5.70. The summed E-state index contributed by atoms with van der Waals surface area (Å²) >= 11 is 0. The van der Waals surface area contributed by atoms with E-state index in [0.29, 0.717) is 34.7 Å². The Hall–Kier alpha value is -2.64. The lowest BCUT2D eigenvalue weighted by molar-refractivity contribution is 0.300. The number of hydrogen-bond acceptors (Lipinski definition) is 5. The van der Waals surface area contributed by atoms with Crippen LogP contribution in [0, 0.1) is 11.8 Å². The lowest BCUT2D eigenvalue weighted by Gasteiger charge is -2.26. The summed E-state index contributed by atoms with van der Waals surface area (Å²) in [5.74, 6) is 2.09. The highest BCUT2D eigenvalue weighted by atomic mass is 16.5. The molecule has 0 bridgehead atoms. The normalized spacial score (nSPS) is 18.9. The van der Waals surface area contributed by atoms with Crippen LogP contribution in [-0.2, 0) is 20.1 Å². The molecule has 3 heterocycles. The number of fused-ring (bicyclic) bond motifs is 1. The zero-order valence-electron chi connectivity index (χ0n) is 17.7. The molecule has 160 valence electrons. The number of aryl methyl sites for hydroxylation is 1. The van der Waals surface area contributed by atoms with E-state index in [9.17, 15) is 9.59 Å². The number of aromatic nitrogens is 5. The Morgan fingerprint density at radius 2 is 1.93 bits per heavy atom. The molecule has 3 aromatic heterocycles. The quantitative estimate of drug-likeness (QED) is 0.622. The largest absolute Gasteiger partial charge is 0.359 e. The maximum absolute atomic E-state index is 13.2. The Bertz CT molecular complexity index is 1170. The SMILES string of the molecule is CC(c1cc(Cn2c(=O)c3c(ncn3CC3CC3)n(C)c2=O)on1)C1CCCCC1. The van der Waals surface area contributed by atoms with Gasteiger partial charge in [0.2, 0.25) is 0 Å². The minimum absolute atomic E-state index is 0.0838. The van der Waals surface area contributed by atoms with Gasteiger partial charge in [0, 0.05) is 25.6 Å². The second-order valence-corrected chi connectivity index (χ2v) is 9.15. The highest BCUT2D eigenvalue weighted by Gasteiger charge is 2.26. The molecule has 8 nitrogen and oxygen atoms in total. The lowest BCUT2D eigenvalue weighted by atomic mass is 9.79. The lowest BCUT2D eigenvalue weighted by Crippen LogP contribution is -2.39. The van der Waals surface area contributed by atoms with Crippen LogP contribution in [-0.4, -0.2) is 23.8 Å². The molecule has 0 N–H and O–H groups in total. The summed E-state index contributed by atoms with van der Waals surface area (Å²) in [6, 6.07) is 1.91. The summed E-state index contributed by atoms with van der Waals surface area (Å²) in [5.41, 5.74) is 1.14. The number of nitrogens with zero attached hydrogens (tertiary/aromatic N) is 5. The van der Waals surface area contributed by atoms with Gasteiger partial charge >= 0.3 is 5.69 Å². The molecule has 30 heavy (non-hydrogen) atoms. The van der Waals surface area contributed by atoms with Crippen molar-refractivity contribution in [2.75, 3.05) is 0 Å². The smallest absolute Gasteiger partial charge is 0.332 e. The maximum atomic E-state index is 13.2. The van der Waals surface area contributed by atoms with Gasteiger partial charge in [-0.2, -0.15) is 0 Å². The number of hydrogen-bond donors (Lipinski definition) is 0. The molecular weight excluding hydrogens is 382 g/mol. The van der Waals surface area contributed by atoms with Gasteiger partial charge in [0.25, 0.3) is 5.56 Å². The fourth-order valence-corrected chi connectivity index (χ4v) is 4.83. The monoisotopic (exact) mass is 411 g/mol. The summed E-state index contributed by atoms with van der Waals surface area (Å²) in [4.78, 5) is 30.4. The zero-order chi connectivity index (χ0) is 20.8. The first-order valence-corrected chi connectivity index (χ1v) is 11.1. The van der Waals surface area contributed by atoms with E-state index in [1.165, 1.54) is 54.1 Å². The Labute approximate surface area is 174 Å². The van der Waals surface area contributed by atoms with Crippen molar-refractivity contribution < 1.29 is 4.52 Å². The van der Waals surface area contributed by atoms with Gasteiger partial charge in [-0.1, -0.05) is 31.3 Å². The van der Waals surface area contributed by atoms with Gasteiger partial charge in [0.05, 0.1) is 18.6 Å². The summed E-state index contributed by atoms with van der Waals surface area (Å²) in [5, 5.41) is 4.27. The van der Waals surface area contributed by atoms with Crippen molar-refractivity contribution in [3.63, 3.8) is 0 Å². The molecule has 1 unspecified atom stereocenters. The number of imidazole rings is 1. The minimum Gasteiger partial charge on any atom is -0.359 e. The molecule has 2 saturated carbocycles. The van der Waals surface area contributed by atoms with Crippen molar-refractivity contribution in [2.45, 2.75) is 70.9 Å². The van der Waals surface area contributed by atoms with Crippen molar-refractivity contribution in [3.8, 4) is 0 Å². The van der Waals surface area contributed by atoms with Crippen molar-refractivity contribution >= 4 is 11.2 Å². The first kappa shape index (κ1) is 19.3. The fourth-order valence-electron chi connectivity index (χ4n) is 4.83. The molecule has 8 heteroatoms. The van der Waals surface area contributed by atoms with E-state index in [-0.39, 0.29) is 17.8 Å². The van der Waals surface area contributed by atoms with Crippen LogP contribution in [0.4, 0.5) is 0 Å². The minimum atomic E-state index is -0.387. The van der Waals surface area contributed by atoms with Crippen molar-refractivity contribution in [2.24, 2.45) is 18.9 Å². The van der Waals surface area contributed by atoms with E-state index in [4.69, 9.17) is 4.52 Å². The second kappa shape index (κ2) is 7.56. The molecule has 0 saturated heterocycles. The standard InChI is InChI=1S/C22H29N5O3/c1-14(16-6-4-3-5-7-16)18-10-17(30-24-18)12-27-21(28)19-20(25(2)22(27)29)23-13-26(19)11-15-8-9-15/h10,13-16H,3-9,11-12H2,1-2H3. The van der Waals surface area contributed by atoms with Gasteiger partial charge in [-0.15, -0.1) is 0 Å². The van der Waals surface area contributed by atoms with E-state index in [0.717, 1.165) is 12.2 Å². The van der Waals surface area contributed by atoms with Crippen LogP contribution in [0.5, 0.6) is 0 Å². The Morgan fingerprint density at radius 1 is 1.17 bits per heavy atom. The van der Waals surface area contributed by atoms with Crippen molar-refractivity contribution in [3.05, 3.63) is 44.7 Å². The summed E-state index contributed by atoms with van der Waals surface area (Å²) in [6.07, 6.45) is 10.4. The summed E-state index contributed by atoms with van der Waals surface area (Å²) in [6.45, 7) is 3.06. The Balaban J connectivity index is 1.46. The third-order valence-corrected chi connectivity index (χ3v) is 6.97. The topological polar surface area (TPSA) is 87.9 Å². The highest BCUT2D eigenvalue weighted by Crippen LogP contribution is 2.35. The molecule has 1 atom stereocenters. The predicted molar refractivity (Wildman–Crippen MR) is 113 cm³/mol. The molecule has 0 amide bonds. The van der Waals surface area contributed by atoms with E-state index in [1.54, 1.807) is 13.4 Å². The first-order chi connectivity index (χ1) is 14.5.